The summed E-state index contributed by atoms with van der Waals surface area (Å²) in [4.78, 5) is 1.28. The molecule has 3 heteroatoms. The van der Waals surface area contributed by atoms with Crippen molar-refractivity contribution in [1.29, 1.82) is 0 Å². The molecule has 0 aromatic heterocycles. The van der Waals surface area contributed by atoms with Gasteiger partial charge >= 0.3 is 0 Å². The van der Waals surface area contributed by atoms with Gasteiger partial charge in [0.25, 0.3) is 0 Å². The second kappa shape index (κ2) is 5.19. The Bertz CT molecular complexity index is 312. The van der Waals surface area contributed by atoms with Crippen molar-refractivity contribution in [3.8, 4) is 0 Å². The van der Waals surface area contributed by atoms with E-state index < -0.39 is 0 Å². The minimum Gasteiger partial charge on any atom is -0.247 e. The minimum atomic E-state index is 0.556. The zero-order chi connectivity index (χ0) is 10.7. The third kappa shape index (κ3) is 3.30. The average Bonchev–Trinajstić information content (AvgIpc) is 2.11. The molecule has 0 spiro atoms. The largest absolute Gasteiger partial charge is 0.247 e. The molecule has 0 saturated carbocycles. The zero-order valence-electron chi connectivity index (χ0n) is 9.04. The van der Waals surface area contributed by atoms with Gasteiger partial charge in [0.2, 0.25) is 0 Å². The van der Waals surface area contributed by atoms with Crippen LogP contribution in [0.25, 0.3) is 0 Å². The van der Waals surface area contributed by atoms with E-state index in [-0.39, 0.29) is 0 Å². The Hall–Kier alpha value is 0.01000. The molecule has 0 N–H and O–H groups in total. The smallest absolute Gasteiger partial charge is 0.0241 e. The van der Waals surface area contributed by atoms with Gasteiger partial charge in [-0.25, -0.2) is 4.31 Å². The predicted octanol–water partition coefficient (Wildman–Crippen LogP) is 4.10. The van der Waals surface area contributed by atoms with Gasteiger partial charge in [0.1, 0.15) is 0 Å². The van der Waals surface area contributed by atoms with E-state index in [0.717, 1.165) is 0 Å². The van der Waals surface area contributed by atoms with E-state index in [1.165, 1.54) is 14.9 Å². The molecule has 0 radical (unpaired) electrons. The summed E-state index contributed by atoms with van der Waals surface area (Å²) in [6.45, 7) is 6.48. The summed E-state index contributed by atoms with van der Waals surface area (Å²) in [6, 6.07) is 7.02. The quantitative estimate of drug-likeness (QED) is 0.763. The van der Waals surface area contributed by atoms with Crippen molar-refractivity contribution in [2.45, 2.75) is 31.7 Å². The molecule has 14 heavy (non-hydrogen) atoms. The first-order valence-electron chi connectivity index (χ1n) is 4.67. The van der Waals surface area contributed by atoms with Gasteiger partial charge in [-0.2, -0.15) is 0 Å². The van der Waals surface area contributed by atoms with Crippen LogP contribution < -0.4 is 0 Å². The van der Waals surface area contributed by atoms with E-state index in [1.807, 2.05) is 0 Å². The molecule has 0 aliphatic rings. The van der Waals surface area contributed by atoms with E-state index in [9.17, 15) is 0 Å². The van der Waals surface area contributed by atoms with Gasteiger partial charge in [-0.05, 0) is 57.5 Å². The lowest BCUT2D eigenvalue weighted by Crippen LogP contribution is -2.18. The lowest BCUT2D eigenvalue weighted by molar-refractivity contribution is 0.469. The van der Waals surface area contributed by atoms with Gasteiger partial charge in [-0.1, -0.05) is 22.0 Å². The third-order valence-corrected chi connectivity index (χ3v) is 4.15. The standard InChI is InChI=1S/C11H16BrNS/c1-8(2)13(4)14-10-6-5-9(3)11(12)7-10/h5-8H,1-4H3. The second-order valence-electron chi connectivity index (χ2n) is 3.64. The van der Waals surface area contributed by atoms with Gasteiger partial charge in [0.05, 0.1) is 0 Å². The van der Waals surface area contributed by atoms with E-state index in [2.05, 4.69) is 66.3 Å². The molecule has 0 amide bonds. The Balaban J connectivity index is 2.73. The molecule has 1 aromatic carbocycles. The molecular weight excluding hydrogens is 258 g/mol. The van der Waals surface area contributed by atoms with E-state index in [0.29, 0.717) is 6.04 Å². The molecular formula is C11H16BrNS. The van der Waals surface area contributed by atoms with Crippen LogP contribution in [-0.2, 0) is 0 Å². The normalized spacial score (nSPS) is 11.4. The van der Waals surface area contributed by atoms with E-state index in [4.69, 9.17) is 0 Å². The molecule has 0 fully saturated rings. The minimum absolute atomic E-state index is 0.556. The topological polar surface area (TPSA) is 3.24 Å². The summed E-state index contributed by atoms with van der Waals surface area (Å²) in [6.07, 6.45) is 0. The Morgan fingerprint density at radius 1 is 1.36 bits per heavy atom. The van der Waals surface area contributed by atoms with Crippen LogP contribution in [0, 0.1) is 6.92 Å². The van der Waals surface area contributed by atoms with Crippen molar-refractivity contribution in [2.24, 2.45) is 0 Å². The Kier molecular flexibility index (Phi) is 4.48. The first-order chi connectivity index (χ1) is 6.50. The van der Waals surface area contributed by atoms with Gasteiger partial charge in [-0.15, -0.1) is 0 Å². The van der Waals surface area contributed by atoms with Crippen LogP contribution in [0.4, 0.5) is 0 Å². The predicted molar refractivity (Wildman–Crippen MR) is 67.6 cm³/mol. The highest BCUT2D eigenvalue weighted by molar-refractivity contribution is 9.10. The van der Waals surface area contributed by atoms with E-state index >= 15 is 0 Å². The van der Waals surface area contributed by atoms with Crippen LogP contribution >= 0.6 is 27.9 Å². The van der Waals surface area contributed by atoms with Crippen molar-refractivity contribution in [1.82, 2.24) is 4.31 Å². The maximum Gasteiger partial charge on any atom is 0.0241 e. The summed E-state index contributed by atoms with van der Waals surface area (Å²) < 4.78 is 3.43. The summed E-state index contributed by atoms with van der Waals surface area (Å²) >= 11 is 5.32. The molecule has 0 aliphatic carbocycles. The fraction of sp³-hybridized carbons (Fsp3) is 0.455. The number of benzene rings is 1. The highest BCUT2D eigenvalue weighted by Gasteiger charge is 2.05. The fourth-order valence-corrected chi connectivity index (χ4v) is 2.28. The molecule has 1 rings (SSSR count). The van der Waals surface area contributed by atoms with Gasteiger partial charge in [0.15, 0.2) is 0 Å². The molecule has 0 atom stereocenters. The highest BCUT2D eigenvalue weighted by atomic mass is 79.9. The first-order valence-corrected chi connectivity index (χ1v) is 6.24. The van der Waals surface area contributed by atoms with Gasteiger partial charge in [-0.3, -0.25) is 0 Å². The van der Waals surface area contributed by atoms with Crippen LogP contribution in [0.3, 0.4) is 0 Å². The zero-order valence-corrected chi connectivity index (χ0v) is 11.4. The van der Waals surface area contributed by atoms with Gasteiger partial charge in [0, 0.05) is 15.4 Å². The van der Waals surface area contributed by atoms with Crippen molar-refractivity contribution >= 4 is 27.9 Å². The average molecular weight is 274 g/mol. The number of aryl methyl sites for hydroxylation is 1. The van der Waals surface area contributed by atoms with Crippen molar-refractivity contribution in [3.05, 3.63) is 28.2 Å². The van der Waals surface area contributed by atoms with Crippen molar-refractivity contribution in [2.75, 3.05) is 7.05 Å². The van der Waals surface area contributed by atoms with Crippen molar-refractivity contribution < 1.29 is 0 Å². The van der Waals surface area contributed by atoms with Crippen LogP contribution in [0.1, 0.15) is 19.4 Å². The number of halogens is 1. The fourth-order valence-electron chi connectivity index (χ4n) is 0.902. The van der Waals surface area contributed by atoms with E-state index in [1.54, 1.807) is 11.9 Å². The molecule has 1 aromatic rings. The lowest BCUT2D eigenvalue weighted by Gasteiger charge is -2.19. The molecule has 0 unspecified atom stereocenters. The summed E-state index contributed by atoms with van der Waals surface area (Å²) in [5.41, 5.74) is 1.28. The Morgan fingerprint density at radius 3 is 2.50 bits per heavy atom. The summed E-state index contributed by atoms with van der Waals surface area (Å²) in [7, 11) is 2.11. The van der Waals surface area contributed by atoms with Crippen LogP contribution in [0.5, 0.6) is 0 Å². The maximum atomic E-state index is 3.54. The molecule has 78 valence electrons. The van der Waals surface area contributed by atoms with Crippen LogP contribution in [0.2, 0.25) is 0 Å². The molecule has 0 bridgehead atoms. The SMILES string of the molecule is Cc1ccc(SN(C)C(C)C)cc1Br. The molecule has 0 aliphatic heterocycles. The molecule has 1 nitrogen and oxygen atoms in total. The maximum absolute atomic E-state index is 3.54. The number of hydrogen-bond acceptors (Lipinski definition) is 2. The third-order valence-electron chi connectivity index (χ3n) is 2.12. The second-order valence-corrected chi connectivity index (χ2v) is 5.73. The lowest BCUT2D eigenvalue weighted by atomic mass is 10.2. The Morgan fingerprint density at radius 2 is 2.00 bits per heavy atom. The number of rotatable bonds is 3. The number of hydrogen-bond donors (Lipinski definition) is 0. The monoisotopic (exact) mass is 273 g/mol. The highest BCUT2D eigenvalue weighted by Crippen LogP contribution is 2.27. The summed E-state index contributed by atoms with van der Waals surface area (Å²) in [5.74, 6) is 0. The Labute approximate surface area is 99.1 Å². The number of nitrogens with zero attached hydrogens (tertiary/aromatic N) is 1. The van der Waals surface area contributed by atoms with Gasteiger partial charge < -0.3 is 0 Å². The van der Waals surface area contributed by atoms with Crippen LogP contribution in [0.15, 0.2) is 27.6 Å². The summed E-state index contributed by atoms with van der Waals surface area (Å²) in [5, 5.41) is 0. The van der Waals surface area contributed by atoms with Crippen LogP contribution in [-0.4, -0.2) is 17.4 Å². The first kappa shape index (κ1) is 12.1. The molecule has 0 saturated heterocycles. The molecule has 0 heterocycles. The van der Waals surface area contributed by atoms with Crippen molar-refractivity contribution in [3.63, 3.8) is 0 Å².